The third kappa shape index (κ3) is 5.32. The molecule has 3 aromatic rings. The SMILES string of the molecule is CCOC(=O)CCCNC(=O)c1sc2cccc(F)c2c1COc1ccccc1. The van der Waals surface area contributed by atoms with Crippen molar-refractivity contribution in [1.82, 2.24) is 5.32 Å². The van der Waals surface area contributed by atoms with Crippen LogP contribution in [0.3, 0.4) is 0 Å². The Kier molecular flexibility index (Phi) is 7.19. The lowest BCUT2D eigenvalue weighted by Gasteiger charge is -2.09. The molecule has 1 N–H and O–H groups in total. The van der Waals surface area contributed by atoms with Crippen LogP contribution < -0.4 is 10.1 Å². The molecule has 0 saturated heterocycles. The third-order valence-corrected chi connectivity index (χ3v) is 5.44. The molecule has 0 spiro atoms. The predicted molar refractivity (Wildman–Crippen MR) is 111 cm³/mol. The van der Waals surface area contributed by atoms with Crippen molar-refractivity contribution in [3.63, 3.8) is 0 Å². The van der Waals surface area contributed by atoms with Crippen LogP contribution in [0.5, 0.6) is 5.75 Å². The highest BCUT2D eigenvalue weighted by Gasteiger charge is 2.21. The quantitative estimate of drug-likeness (QED) is 0.407. The van der Waals surface area contributed by atoms with Crippen LogP contribution in [-0.2, 0) is 16.1 Å². The predicted octanol–water partition coefficient (Wildman–Crippen LogP) is 4.69. The summed E-state index contributed by atoms with van der Waals surface area (Å²) in [6, 6.07) is 14.0. The van der Waals surface area contributed by atoms with E-state index in [-0.39, 0.29) is 30.7 Å². The highest BCUT2D eigenvalue weighted by Crippen LogP contribution is 2.34. The van der Waals surface area contributed by atoms with Crippen molar-refractivity contribution in [3.05, 3.63) is 64.8 Å². The van der Waals surface area contributed by atoms with Crippen LogP contribution in [0.1, 0.15) is 35.0 Å². The number of nitrogens with one attached hydrogen (secondary N) is 1. The Morgan fingerprint density at radius 3 is 2.66 bits per heavy atom. The van der Waals surface area contributed by atoms with Crippen molar-refractivity contribution in [2.45, 2.75) is 26.4 Å². The number of benzene rings is 2. The first-order valence-corrected chi connectivity index (χ1v) is 10.2. The number of fused-ring (bicyclic) bond motifs is 1. The zero-order valence-corrected chi connectivity index (χ0v) is 16.9. The summed E-state index contributed by atoms with van der Waals surface area (Å²) in [5, 5.41) is 3.21. The topological polar surface area (TPSA) is 64.6 Å². The van der Waals surface area contributed by atoms with Gasteiger partial charge in [-0.15, -0.1) is 11.3 Å². The largest absolute Gasteiger partial charge is 0.489 e. The lowest BCUT2D eigenvalue weighted by Crippen LogP contribution is -2.25. The van der Waals surface area contributed by atoms with Gasteiger partial charge in [-0.05, 0) is 37.6 Å². The summed E-state index contributed by atoms with van der Waals surface area (Å²) >= 11 is 1.23. The fourth-order valence-corrected chi connectivity index (χ4v) is 4.05. The zero-order chi connectivity index (χ0) is 20.6. The molecule has 3 rings (SSSR count). The van der Waals surface area contributed by atoms with Gasteiger partial charge in [0, 0.05) is 28.6 Å². The summed E-state index contributed by atoms with van der Waals surface area (Å²) in [4.78, 5) is 24.5. The van der Waals surface area contributed by atoms with Gasteiger partial charge in [-0.3, -0.25) is 9.59 Å². The van der Waals surface area contributed by atoms with E-state index in [1.165, 1.54) is 17.4 Å². The molecule has 29 heavy (non-hydrogen) atoms. The number of rotatable bonds is 9. The summed E-state index contributed by atoms with van der Waals surface area (Å²) in [5.74, 6) is -0.334. The molecular weight excluding hydrogens is 393 g/mol. The lowest BCUT2D eigenvalue weighted by atomic mass is 10.1. The van der Waals surface area contributed by atoms with E-state index in [4.69, 9.17) is 9.47 Å². The minimum absolute atomic E-state index is 0.0799. The Labute approximate surface area is 172 Å². The van der Waals surface area contributed by atoms with Gasteiger partial charge in [0.15, 0.2) is 0 Å². The highest BCUT2D eigenvalue weighted by atomic mass is 32.1. The monoisotopic (exact) mass is 415 g/mol. The van der Waals surface area contributed by atoms with E-state index in [9.17, 15) is 14.0 Å². The van der Waals surface area contributed by atoms with Gasteiger partial charge in [0.25, 0.3) is 5.91 Å². The van der Waals surface area contributed by atoms with Crippen LogP contribution in [0.25, 0.3) is 10.1 Å². The van der Waals surface area contributed by atoms with Crippen molar-refractivity contribution in [3.8, 4) is 5.75 Å². The molecule has 0 atom stereocenters. The molecule has 1 heterocycles. The first-order valence-electron chi connectivity index (χ1n) is 9.41. The fourth-order valence-electron chi connectivity index (χ4n) is 2.91. The summed E-state index contributed by atoms with van der Waals surface area (Å²) in [5.41, 5.74) is 0.523. The van der Waals surface area contributed by atoms with E-state index in [0.717, 1.165) is 0 Å². The number of thiophene rings is 1. The molecule has 152 valence electrons. The molecule has 0 fully saturated rings. The standard InChI is InChI=1S/C22H22FNO4S/c1-2-27-19(25)12-7-13-24-22(26)21-16(14-28-15-8-4-3-5-9-15)20-17(23)10-6-11-18(20)29-21/h3-6,8-11H,2,7,12-14H2,1H3,(H,24,26). The van der Waals surface area contributed by atoms with Gasteiger partial charge in [0.1, 0.15) is 18.2 Å². The van der Waals surface area contributed by atoms with Gasteiger partial charge in [0.2, 0.25) is 0 Å². The molecule has 1 amide bonds. The number of carbonyl (C=O) groups excluding carboxylic acids is 2. The van der Waals surface area contributed by atoms with Gasteiger partial charge < -0.3 is 14.8 Å². The average molecular weight is 415 g/mol. The van der Waals surface area contributed by atoms with E-state index < -0.39 is 0 Å². The Balaban J connectivity index is 1.74. The van der Waals surface area contributed by atoms with E-state index in [1.807, 2.05) is 18.2 Å². The second-order valence-electron chi connectivity index (χ2n) is 6.29. The van der Waals surface area contributed by atoms with E-state index in [2.05, 4.69) is 5.32 Å². The zero-order valence-electron chi connectivity index (χ0n) is 16.1. The van der Waals surface area contributed by atoms with Crippen molar-refractivity contribution in [2.24, 2.45) is 0 Å². The van der Waals surface area contributed by atoms with E-state index in [1.54, 1.807) is 31.2 Å². The molecule has 0 aliphatic rings. The number of amides is 1. The van der Waals surface area contributed by atoms with Crippen LogP contribution in [-0.4, -0.2) is 25.0 Å². The van der Waals surface area contributed by atoms with Gasteiger partial charge >= 0.3 is 5.97 Å². The maximum atomic E-state index is 14.5. The van der Waals surface area contributed by atoms with Crippen LogP contribution in [0.2, 0.25) is 0 Å². The minimum atomic E-state index is -0.383. The number of hydrogen-bond acceptors (Lipinski definition) is 5. The second-order valence-corrected chi connectivity index (χ2v) is 7.34. The first-order chi connectivity index (χ1) is 14.1. The lowest BCUT2D eigenvalue weighted by molar-refractivity contribution is -0.143. The van der Waals surface area contributed by atoms with Crippen LogP contribution in [0.15, 0.2) is 48.5 Å². The summed E-state index contributed by atoms with van der Waals surface area (Å²) in [7, 11) is 0. The van der Waals surface area contributed by atoms with E-state index >= 15 is 0 Å². The Bertz CT molecular complexity index is 987. The Hall–Kier alpha value is -2.93. The first kappa shape index (κ1) is 20.8. The van der Waals surface area contributed by atoms with Crippen molar-refractivity contribution >= 4 is 33.3 Å². The highest BCUT2D eigenvalue weighted by molar-refractivity contribution is 7.21. The smallest absolute Gasteiger partial charge is 0.305 e. The molecule has 0 aliphatic heterocycles. The number of para-hydroxylation sites is 1. The normalized spacial score (nSPS) is 10.7. The molecule has 5 nitrogen and oxygen atoms in total. The number of carbonyl (C=O) groups is 2. The third-order valence-electron chi connectivity index (χ3n) is 4.24. The molecule has 0 bridgehead atoms. The van der Waals surface area contributed by atoms with Crippen LogP contribution >= 0.6 is 11.3 Å². The molecular formula is C22H22FNO4S. The van der Waals surface area contributed by atoms with E-state index in [0.29, 0.717) is 45.8 Å². The Morgan fingerprint density at radius 1 is 1.10 bits per heavy atom. The molecule has 1 aromatic heterocycles. The van der Waals surface area contributed by atoms with Gasteiger partial charge in [-0.25, -0.2) is 4.39 Å². The molecule has 0 saturated carbocycles. The van der Waals surface area contributed by atoms with Crippen molar-refractivity contribution in [2.75, 3.05) is 13.2 Å². The maximum Gasteiger partial charge on any atom is 0.305 e. The molecule has 0 unspecified atom stereocenters. The maximum absolute atomic E-state index is 14.5. The average Bonchev–Trinajstić information content (AvgIpc) is 3.10. The number of hydrogen-bond donors (Lipinski definition) is 1. The van der Waals surface area contributed by atoms with Gasteiger partial charge in [-0.1, -0.05) is 24.3 Å². The number of halogens is 1. The van der Waals surface area contributed by atoms with Gasteiger partial charge in [-0.2, -0.15) is 0 Å². The molecule has 7 heteroatoms. The second kappa shape index (κ2) is 10.0. The van der Waals surface area contributed by atoms with Crippen LogP contribution in [0.4, 0.5) is 4.39 Å². The summed E-state index contributed by atoms with van der Waals surface area (Å²) in [6.07, 6.45) is 0.707. The molecule has 0 radical (unpaired) electrons. The van der Waals surface area contributed by atoms with Crippen LogP contribution in [0, 0.1) is 5.82 Å². The number of ether oxygens (including phenoxy) is 2. The summed E-state index contributed by atoms with van der Waals surface area (Å²) < 4.78 is 25.8. The molecule has 2 aromatic carbocycles. The summed E-state index contributed by atoms with van der Waals surface area (Å²) in [6.45, 7) is 2.49. The molecule has 0 aliphatic carbocycles. The Morgan fingerprint density at radius 2 is 1.90 bits per heavy atom. The van der Waals surface area contributed by atoms with Crippen molar-refractivity contribution in [1.29, 1.82) is 0 Å². The van der Waals surface area contributed by atoms with Crippen molar-refractivity contribution < 1.29 is 23.5 Å². The number of esters is 1. The minimum Gasteiger partial charge on any atom is -0.489 e. The fraction of sp³-hybridized carbons (Fsp3) is 0.273. The van der Waals surface area contributed by atoms with Gasteiger partial charge in [0.05, 0.1) is 11.5 Å².